The summed E-state index contributed by atoms with van der Waals surface area (Å²) in [6, 6.07) is 8.95. The Morgan fingerprint density at radius 3 is 2.52 bits per heavy atom. The SMILES string of the molecule is CCOC(=O)c1ccc(Nc2cc(N3CCN(C=O)CC3)nc(C)n2)cc1. The maximum atomic E-state index is 11.7. The van der Waals surface area contributed by atoms with Crippen LogP contribution in [-0.2, 0) is 9.53 Å². The van der Waals surface area contributed by atoms with Crippen LogP contribution >= 0.6 is 0 Å². The Hall–Kier alpha value is -3.16. The first kappa shape index (κ1) is 18.6. The molecule has 1 aliphatic rings. The third-order valence-electron chi connectivity index (χ3n) is 4.28. The van der Waals surface area contributed by atoms with Gasteiger partial charge in [0.2, 0.25) is 6.41 Å². The molecule has 1 aromatic heterocycles. The van der Waals surface area contributed by atoms with Gasteiger partial charge < -0.3 is 19.9 Å². The van der Waals surface area contributed by atoms with Crippen LogP contribution in [0.2, 0.25) is 0 Å². The van der Waals surface area contributed by atoms with E-state index in [0.717, 1.165) is 31.0 Å². The molecule has 1 amide bonds. The summed E-state index contributed by atoms with van der Waals surface area (Å²) in [5.74, 6) is 1.84. The van der Waals surface area contributed by atoms with Gasteiger partial charge in [0.15, 0.2) is 0 Å². The molecule has 1 saturated heterocycles. The molecule has 0 spiro atoms. The number of anilines is 3. The van der Waals surface area contributed by atoms with E-state index in [-0.39, 0.29) is 5.97 Å². The third kappa shape index (κ3) is 4.72. The molecule has 27 heavy (non-hydrogen) atoms. The van der Waals surface area contributed by atoms with Crippen LogP contribution in [0.25, 0.3) is 0 Å². The summed E-state index contributed by atoms with van der Waals surface area (Å²) in [6.45, 7) is 6.83. The Bertz CT molecular complexity index is 801. The Balaban J connectivity index is 1.71. The molecule has 2 aromatic rings. The Kier molecular flexibility index (Phi) is 5.85. The molecule has 8 heteroatoms. The fraction of sp³-hybridized carbons (Fsp3) is 0.368. The highest BCUT2D eigenvalue weighted by molar-refractivity contribution is 5.89. The number of rotatable bonds is 6. The summed E-state index contributed by atoms with van der Waals surface area (Å²) >= 11 is 0. The lowest BCUT2D eigenvalue weighted by atomic mass is 10.2. The summed E-state index contributed by atoms with van der Waals surface area (Å²) in [5.41, 5.74) is 1.33. The molecule has 0 atom stereocenters. The largest absolute Gasteiger partial charge is 0.462 e. The smallest absolute Gasteiger partial charge is 0.338 e. The molecule has 2 heterocycles. The number of aryl methyl sites for hydroxylation is 1. The lowest BCUT2D eigenvalue weighted by Gasteiger charge is -2.33. The molecule has 1 aliphatic heterocycles. The molecule has 0 unspecified atom stereocenters. The van der Waals surface area contributed by atoms with E-state index in [4.69, 9.17) is 4.74 Å². The van der Waals surface area contributed by atoms with Crippen molar-refractivity contribution in [2.75, 3.05) is 43.0 Å². The fourth-order valence-electron chi connectivity index (χ4n) is 2.89. The standard InChI is InChI=1S/C19H23N5O3/c1-3-27-19(26)15-4-6-16(7-5-15)22-17-12-18(21-14(2)20-17)24-10-8-23(13-25)9-11-24/h4-7,12-13H,3,8-11H2,1-2H3,(H,20,21,22). The number of carbonyl (C=O) groups excluding carboxylic acids is 2. The molecule has 0 aliphatic carbocycles. The van der Waals surface area contributed by atoms with Crippen molar-refractivity contribution in [3.63, 3.8) is 0 Å². The van der Waals surface area contributed by atoms with Gasteiger partial charge in [-0.1, -0.05) is 0 Å². The highest BCUT2D eigenvalue weighted by Gasteiger charge is 2.18. The van der Waals surface area contributed by atoms with Gasteiger partial charge >= 0.3 is 5.97 Å². The van der Waals surface area contributed by atoms with E-state index < -0.39 is 0 Å². The van der Waals surface area contributed by atoms with Gasteiger partial charge in [0.1, 0.15) is 17.5 Å². The van der Waals surface area contributed by atoms with Crippen LogP contribution in [0.4, 0.5) is 17.3 Å². The lowest BCUT2D eigenvalue weighted by Crippen LogP contribution is -2.46. The molecule has 0 saturated carbocycles. The molecule has 3 rings (SSSR count). The van der Waals surface area contributed by atoms with Gasteiger partial charge in [-0.05, 0) is 38.1 Å². The molecule has 0 radical (unpaired) electrons. The normalized spacial score (nSPS) is 14.0. The summed E-state index contributed by atoms with van der Waals surface area (Å²) < 4.78 is 4.99. The van der Waals surface area contributed by atoms with E-state index in [1.165, 1.54) is 0 Å². The quantitative estimate of drug-likeness (QED) is 0.615. The summed E-state index contributed by atoms with van der Waals surface area (Å²) in [5, 5.41) is 3.25. The maximum Gasteiger partial charge on any atom is 0.338 e. The van der Waals surface area contributed by atoms with Crippen LogP contribution in [-0.4, -0.2) is 60.0 Å². The van der Waals surface area contributed by atoms with Crippen molar-refractivity contribution in [2.45, 2.75) is 13.8 Å². The predicted octanol–water partition coefficient (Wildman–Crippen LogP) is 1.98. The number of amides is 1. The second-order valence-corrected chi connectivity index (χ2v) is 6.21. The number of hydrogen-bond acceptors (Lipinski definition) is 7. The van der Waals surface area contributed by atoms with E-state index >= 15 is 0 Å². The number of piperazine rings is 1. The summed E-state index contributed by atoms with van der Waals surface area (Å²) in [6.07, 6.45) is 0.884. The third-order valence-corrected chi connectivity index (χ3v) is 4.28. The highest BCUT2D eigenvalue weighted by Crippen LogP contribution is 2.21. The zero-order chi connectivity index (χ0) is 19.2. The summed E-state index contributed by atoms with van der Waals surface area (Å²) in [4.78, 5) is 35.4. The molecule has 0 bridgehead atoms. The Morgan fingerprint density at radius 2 is 1.89 bits per heavy atom. The Morgan fingerprint density at radius 1 is 1.19 bits per heavy atom. The number of benzene rings is 1. The Labute approximate surface area is 158 Å². The van der Waals surface area contributed by atoms with Crippen LogP contribution in [0.3, 0.4) is 0 Å². The van der Waals surface area contributed by atoms with Crippen molar-refractivity contribution in [1.29, 1.82) is 0 Å². The maximum absolute atomic E-state index is 11.7. The molecule has 1 N–H and O–H groups in total. The number of aromatic nitrogens is 2. The summed E-state index contributed by atoms with van der Waals surface area (Å²) in [7, 11) is 0. The topological polar surface area (TPSA) is 87.7 Å². The first-order chi connectivity index (χ1) is 13.1. The van der Waals surface area contributed by atoms with Crippen molar-refractivity contribution >= 4 is 29.7 Å². The number of esters is 1. The molecule has 1 aromatic carbocycles. The average molecular weight is 369 g/mol. The first-order valence-electron chi connectivity index (χ1n) is 8.93. The monoisotopic (exact) mass is 369 g/mol. The van der Waals surface area contributed by atoms with Crippen molar-refractivity contribution < 1.29 is 14.3 Å². The zero-order valence-electron chi connectivity index (χ0n) is 15.5. The first-order valence-corrected chi connectivity index (χ1v) is 8.93. The highest BCUT2D eigenvalue weighted by atomic mass is 16.5. The number of ether oxygens (including phenoxy) is 1. The number of nitrogens with zero attached hydrogens (tertiary/aromatic N) is 4. The number of nitrogens with one attached hydrogen (secondary N) is 1. The van der Waals surface area contributed by atoms with Crippen LogP contribution in [0.15, 0.2) is 30.3 Å². The lowest BCUT2D eigenvalue weighted by molar-refractivity contribution is -0.118. The minimum absolute atomic E-state index is 0.335. The van der Waals surface area contributed by atoms with Gasteiger partial charge in [-0.15, -0.1) is 0 Å². The van der Waals surface area contributed by atoms with E-state index in [0.29, 0.717) is 36.9 Å². The van der Waals surface area contributed by atoms with E-state index in [2.05, 4.69) is 20.2 Å². The number of hydrogen-bond donors (Lipinski definition) is 1. The minimum atomic E-state index is -0.335. The fourth-order valence-corrected chi connectivity index (χ4v) is 2.89. The zero-order valence-corrected chi connectivity index (χ0v) is 15.5. The van der Waals surface area contributed by atoms with Gasteiger partial charge in [-0.2, -0.15) is 0 Å². The van der Waals surface area contributed by atoms with Gasteiger partial charge in [-0.25, -0.2) is 14.8 Å². The van der Waals surface area contributed by atoms with Gasteiger partial charge in [0.05, 0.1) is 12.2 Å². The van der Waals surface area contributed by atoms with Crippen molar-refractivity contribution in [2.24, 2.45) is 0 Å². The molecular formula is C19H23N5O3. The van der Waals surface area contributed by atoms with Gasteiger partial charge in [0, 0.05) is 37.9 Å². The molecule has 142 valence electrons. The van der Waals surface area contributed by atoms with Crippen molar-refractivity contribution in [1.82, 2.24) is 14.9 Å². The predicted molar refractivity (Wildman–Crippen MR) is 102 cm³/mol. The second kappa shape index (κ2) is 8.48. The molecule has 1 fully saturated rings. The van der Waals surface area contributed by atoms with Crippen molar-refractivity contribution in [3.05, 3.63) is 41.7 Å². The van der Waals surface area contributed by atoms with Crippen LogP contribution in [0, 0.1) is 6.92 Å². The minimum Gasteiger partial charge on any atom is -0.462 e. The van der Waals surface area contributed by atoms with E-state index in [9.17, 15) is 9.59 Å². The average Bonchev–Trinajstić information content (AvgIpc) is 2.68. The van der Waals surface area contributed by atoms with Crippen LogP contribution in [0.1, 0.15) is 23.1 Å². The van der Waals surface area contributed by atoms with E-state index in [1.807, 2.05) is 25.1 Å². The number of carbonyl (C=O) groups is 2. The second-order valence-electron chi connectivity index (χ2n) is 6.21. The molecular weight excluding hydrogens is 346 g/mol. The van der Waals surface area contributed by atoms with Crippen molar-refractivity contribution in [3.8, 4) is 0 Å². The molecule has 8 nitrogen and oxygen atoms in total. The van der Waals surface area contributed by atoms with Crippen LogP contribution < -0.4 is 10.2 Å². The van der Waals surface area contributed by atoms with Gasteiger partial charge in [-0.3, -0.25) is 4.79 Å². The van der Waals surface area contributed by atoms with E-state index in [1.54, 1.807) is 24.0 Å². The van der Waals surface area contributed by atoms with Gasteiger partial charge in [0.25, 0.3) is 0 Å². The van der Waals surface area contributed by atoms with Crippen LogP contribution in [0.5, 0.6) is 0 Å².